The van der Waals surface area contributed by atoms with Crippen molar-refractivity contribution in [2.75, 3.05) is 5.73 Å². The second kappa shape index (κ2) is 4.68. The van der Waals surface area contributed by atoms with Gasteiger partial charge in [-0.25, -0.2) is 0 Å². The molecular formula is C14H14ClNO. The van der Waals surface area contributed by atoms with Gasteiger partial charge in [0.2, 0.25) is 0 Å². The maximum absolute atomic E-state index is 5.93. The summed E-state index contributed by atoms with van der Waals surface area (Å²) >= 11 is 5.93. The van der Waals surface area contributed by atoms with Crippen LogP contribution in [0.15, 0.2) is 36.4 Å². The number of nitrogen functional groups attached to an aromatic ring is 1. The highest BCUT2D eigenvalue weighted by Crippen LogP contribution is 2.33. The molecule has 0 heterocycles. The topological polar surface area (TPSA) is 35.2 Å². The molecule has 0 saturated heterocycles. The molecule has 2 aromatic carbocycles. The molecule has 0 aromatic heterocycles. The third kappa shape index (κ3) is 2.53. The highest BCUT2D eigenvalue weighted by atomic mass is 35.5. The van der Waals surface area contributed by atoms with E-state index in [4.69, 9.17) is 22.1 Å². The van der Waals surface area contributed by atoms with E-state index in [0.717, 1.165) is 5.75 Å². The van der Waals surface area contributed by atoms with E-state index in [1.807, 2.05) is 31.2 Å². The van der Waals surface area contributed by atoms with E-state index in [-0.39, 0.29) is 0 Å². The van der Waals surface area contributed by atoms with Crippen LogP contribution < -0.4 is 10.5 Å². The molecule has 2 aromatic rings. The Hall–Kier alpha value is -1.67. The zero-order chi connectivity index (χ0) is 12.4. The van der Waals surface area contributed by atoms with Gasteiger partial charge in [-0.1, -0.05) is 23.7 Å². The van der Waals surface area contributed by atoms with E-state index in [1.54, 1.807) is 12.1 Å². The van der Waals surface area contributed by atoms with Gasteiger partial charge in [-0.05, 0) is 49.2 Å². The Kier molecular flexibility index (Phi) is 3.25. The number of hydrogen-bond acceptors (Lipinski definition) is 2. The molecule has 2 rings (SSSR count). The van der Waals surface area contributed by atoms with E-state index in [9.17, 15) is 0 Å². The smallest absolute Gasteiger partial charge is 0.151 e. The van der Waals surface area contributed by atoms with Crippen molar-refractivity contribution in [3.05, 3.63) is 52.5 Å². The molecule has 0 aliphatic rings. The third-order valence-electron chi connectivity index (χ3n) is 2.72. The SMILES string of the molecule is Cc1ccc(Oc2cccc(Cl)c2N)cc1C. The number of aryl methyl sites for hydroxylation is 2. The number of ether oxygens (including phenoxy) is 1. The van der Waals surface area contributed by atoms with Crippen LogP contribution in [0.4, 0.5) is 5.69 Å². The first kappa shape index (κ1) is 11.8. The lowest BCUT2D eigenvalue weighted by molar-refractivity contribution is 0.484. The molecule has 0 aliphatic carbocycles. The third-order valence-corrected chi connectivity index (χ3v) is 3.05. The average Bonchev–Trinajstić information content (AvgIpc) is 2.30. The Labute approximate surface area is 106 Å². The van der Waals surface area contributed by atoms with Gasteiger partial charge in [0.1, 0.15) is 5.75 Å². The molecule has 0 spiro atoms. The molecule has 0 unspecified atom stereocenters. The van der Waals surface area contributed by atoms with E-state index in [0.29, 0.717) is 16.5 Å². The number of benzene rings is 2. The monoisotopic (exact) mass is 247 g/mol. The second-order valence-corrected chi connectivity index (χ2v) is 4.41. The fourth-order valence-electron chi connectivity index (χ4n) is 1.51. The number of hydrogen-bond donors (Lipinski definition) is 1. The van der Waals surface area contributed by atoms with E-state index in [1.165, 1.54) is 11.1 Å². The van der Waals surface area contributed by atoms with Gasteiger partial charge in [0.25, 0.3) is 0 Å². The van der Waals surface area contributed by atoms with Crippen molar-refractivity contribution in [3.63, 3.8) is 0 Å². The summed E-state index contributed by atoms with van der Waals surface area (Å²) < 4.78 is 5.72. The summed E-state index contributed by atoms with van der Waals surface area (Å²) in [5.41, 5.74) is 8.72. The Bertz CT molecular complexity index is 552. The van der Waals surface area contributed by atoms with Crippen LogP contribution in [-0.2, 0) is 0 Å². The summed E-state index contributed by atoms with van der Waals surface area (Å²) in [5, 5.41) is 0.506. The van der Waals surface area contributed by atoms with Gasteiger partial charge in [0.05, 0.1) is 10.7 Å². The van der Waals surface area contributed by atoms with Crippen LogP contribution in [-0.4, -0.2) is 0 Å². The van der Waals surface area contributed by atoms with Crippen molar-refractivity contribution < 1.29 is 4.74 Å². The molecule has 88 valence electrons. The van der Waals surface area contributed by atoms with Crippen LogP contribution in [0.2, 0.25) is 5.02 Å². The summed E-state index contributed by atoms with van der Waals surface area (Å²) in [6.07, 6.45) is 0. The molecule has 0 fully saturated rings. The molecule has 0 bridgehead atoms. The van der Waals surface area contributed by atoms with E-state index in [2.05, 4.69) is 6.92 Å². The van der Waals surface area contributed by atoms with Crippen molar-refractivity contribution in [1.29, 1.82) is 0 Å². The Morgan fingerprint density at radius 2 is 1.82 bits per heavy atom. The highest BCUT2D eigenvalue weighted by molar-refractivity contribution is 6.33. The molecular weight excluding hydrogens is 234 g/mol. The van der Waals surface area contributed by atoms with Crippen LogP contribution in [0, 0.1) is 13.8 Å². The Balaban J connectivity index is 2.31. The van der Waals surface area contributed by atoms with Gasteiger partial charge in [0, 0.05) is 0 Å². The van der Waals surface area contributed by atoms with Crippen LogP contribution in [0.3, 0.4) is 0 Å². The number of rotatable bonds is 2. The number of nitrogens with two attached hydrogens (primary N) is 1. The first-order chi connectivity index (χ1) is 8.08. The molecule has 0 atom stereocenters. The predicted molar refractivity (Wildman–Crippen MR) is 71.9 cm³/mol. The molecule has 0 radical (unpaired) electrons. The summed E-state index contributed by atoms with van der Waals surface area (Å²) in [7, 11) is 0. The zero-order valence-electron chi connectivity index (χ0n) is 9.83. The zero-order valence-corrected chi connectivity index (χ0v) is 10.6. The van der Waals surface area contributed by atoms with Crippen molar-refractivity contribution in [3.8, 4) is 11.5 Å². The summed E-state index contributed by atoms with van der Waals surface area (Å²) in [6, 6.07) is 11.3. The maximum atomic E-state index is 5.93. The average molecular weight is 248 g/mol. The van der Waals surface area contributed by atoms with Gasteiger partial charge in [-0.3, -0.25) is 0 Å². The fraction of sp³-hybridized carbons (Fsp3) is 0.143. The van der Waals surface area contributed by atoms with Gasteiger partial charge >= 0.3 is 0 Å². The first-order valence-corrected chi connectivity index (χ1v) is 5.75. The van der Waals surface area contributed by atoms with Crippen LogP contribution in [0.1, 0.15) is 11.1 Å². The van der Waals surface area contributed by atoms with Crippen LogP contribution in [0.5, 0.6) is 11.5 Å². The second-order valence-electron chi connectivity index (χ2n) is 4.00. The van der Waals surface area contributed by atoms with Gasteiger partial charge in [-0.15, -0.1) is 0 Å². The van der Waals surface area contributed by atoms with Gasteiger partial charge < -0.3 is 10.5 Å². The minimum Gasteiger partial charge on any atom is -0.455 e. The van der Waals surface area contributed by atoms with Crippen LogP contribution in [0.25, 0.3) is 0 Å². The summed E-state index contributed by atoms with van der Waals surface area (Å²) in [5.74, 6) is 1.35. The predicted octanol–water partition coefficient (Wildman–Crippen LogP) is 4.33. The fourth-order valence-corrected chi connectivity index (χ4v) is 1.68. The lowest BCUT2D eigenvalue weighted by Crippen LogP contribution is -1.93. The molecule has 2 nitrogen and oxygen atoms in total. The number of halogens is 1. The highest BCUT2D eigenvalue weighted by Gasteiger charge is 2.05. The quantitative estimate of drug-likeness (QED) is 0.802. The molecule has 17 heavy (non-hydrogen) atoms. The normalized spacial score (nSPS) is 10.3. The Morgan fingerprint density at radius 3 is 2.53 bits per heavy atom. The van der Waals surface area contributed by atoms with E-state index < -0.39 is 0 Å². The van der Waals surface area contributed by atoms with Gasteiger partial charge in [0.15, 0.2) is 5.75 Å². The van der Waals surface area contributed by atoms with Crippen molar-refractivity contribution >= 4 is 17.3 Å². The number of para-hydroxylation sites is 1. The molecule has 0 amide bonds. The maximum Gasteiger partial charge on any atom is 0.151 e. The number of anilines is 1. The Morgan fingerprint density at radius 1 is 1.06 bits per heavy atom. The van der Waals surface area contributed by atoms with Crippen molar-refractivity contribution in [2.24, 2.45) is 0 Å². The molecule has 2 N–H and O–H groups in total. The van der Waals surface area contributed by atoms with Crippen molar-refractivity contribution in [2.45, 2.75) is 13.8 Å². The lowest BCUT2D eigenvalue weighted by Gasteiger charge is -2.10. The first-order valence-electron chi connectivity index (χ1n) is 5.37. The summed E-state index contributed by atoms with van der Waals surface area (Å²) in [4.78, 5) is 0. The standard InChI is InChI=1S/C14H14ClNO/c1-9-6-7-11(8-10(9)2)17-13-5-3-4-12(15)14(13)16/h3-8H,16H2,1-2H3. The molecule has 0 aliphatic heterocycles. The summed E-state index contributed by atoms with van der Waals surface area (Å²) in [6.45, 7) is 4.11. The minimum atomic E-state index is 0.465. The lowest BCUT2D eigenvalue weighted by atomic mass is 10.1. The van der Waals surface area contributed by atoms with Crippen LogP contribution >= 0.6 is 11.6 Å². The van der Waals surface area contributed by atoms with E-state index >= 15 is 0 Å². The minimum absolute atomic E-state index is 0.465. The molecule has 3 heteroatoms. The van der Waals surface area contributed by atoms with Crippen molar-refractivity contribution in [1.82, 2.24) is 0 Å². The van der Waals surface area contributed by atoms with Gasteiger partial charge in [-0.2, -0.15) is 0 Å². The molecule has 0 saturated carbocycles. The largest absolute Gasteiger partial charge is 0.455 e.